The molecule has 2 N–H and O–H groups in total. The van der Waals surface area contributed by atoms with Crippen molar-refractivity contribution in [3.8, 4) is 0 Å². The lowest BCUT2D eigenvalue weighted by atomic mass is 9.80. The number of nitrogens with one attached hydrogen (secondary N) is 1. The van der Waals surface area contributed by atoms with Gasteiger partial charge in [0, 0.05) is 12.6 Å². The standard InChI is InChI=1S/C15H30N2O/c1-3-9-17-10-5-14(6-11-17)13(2)16-12-15(18)7-4-8-15/h13-14,16,18H,3-12H2,1-2H3. The molecule has 2 aliphatic rings. The summed E-state index contributed by atoms with van der Waals surface area (Å²) in [6, 6.07) is 0.554. The second-order valence-corrected chi connectivity index (χ2v) is 6.43. The number of likely N-dealkylation sites (tertiary alicyclic amines) is 1. The third kappa shape index (κ3) is 3.69. The Kier molecular flexibility index (Phi) is 5.05. The van der Waals surface area contributed by atoms with Gasteiger partial charge in [0.05, 0.1) is 5.60 Å². The van der Waals surface area contributed by atoms with Gasteiger partial charge in [-0.25, -0.2) is 0 Å². The van der Waals surface area contributed by atoms with Crippen molar-refractivity contribution in [2.45, 2.75) is 64.0 Å². The zero-order valence-electron chi connectivity index (χ0n) is 12.1. The molecule has 0 aromatic rings. The second kappa shape index (κ2) is 6.36. The molecule has 0 amide bonds. The summed E-state index contributed by atoms with van der Waals surface area (Å²) in [5.41, 5.74) is -0.378. The lowest BCUT2D eigenvalue weighted by Crippen LogP contribution is -2.51. The van der Waals surface area contributed by atoms with E-state index < -0.39 is 0 Å². The SMILES string of the molecule is CCCN1CCC(C(C)NCC2(O)CCC2)CC1. The highest BCUT2D eigenvalue weighted by molar-refractivity contribution is 4.91. The van der Waals surface area contributed by atoms with Crippen LogP contribution >= 0.6 is 0 Å². The molecule has 0 spiro atoms. The molecular formula is C15H30N2O. The van der Waals surface area contributed by atoms with Crippen LogP contribution in [0.1, 0.15) is 52.4 Å². The van der Waals surface area contributed by atoms with Gasteiger partial charge in [-0.15, -0.1) is 0 Å². The van der Waals surface area contributed by atoms with Gasteiger partial charge in [-0.1, -0.05) is 6.92 Å². The minimum absolute atomic E-state index is 0.378. The molecule has 1 atom stereocenters. The number of aliphatic hydroxyl groups is 1. The summed E-state index contributed by atoms with van der Waals surface area (Å²) in [7, 11) is 0. The first-order valence-electron chi connectivity index (χ1n) is 7.81. The van der Waals surface area contributed by atoms with Crippen molar-refractivity contribution in [3.05, 3.63) is 0 Å². The van der Waals surface area contributed by atoms with Crippen LogP contribution in [0.5, 0.6) is 0 Å². The molecule has 1 aliphatic carbocycles. The van der Waals surface area contributed by atoms with Gasteiger partial charge in [0.2, 0.25) is 0 Å². The number of hydrogen-bond acceptors (Lipinski definition) is 3. The van der Waals surface area contributed by atoms with Gasteiger partial charge >= 0.3 is 0 Å². The fraction of sp³-hybridized carbons (Fsp3) is 1.00. The number of nitrogens with zero attached hydrogens (tertiary/aromatic N) is 1. The van der Waals surface area contributed by atoms with E-state index in [1.165, 1.54) is 45.3 Å². The molecule has 0 aromatic carbocycles. The summed E-state index contributed by atoms with van der Waals surface area (Å²) in [6.45, 7) is 9.12. The van der Waals surface area contributed by atoms with Crippen molar-refractivity contribution in [3.63, 3.8) is 0 Å². The van der Waals surface area contributed by atoms with Crippen LogP contribution in [0.2, 0.25) is 0 Å². The zero-order valence-corrected chi connectivity index (χ0v) is 12.1. The first kappa shape index (κ1) is 14.3. The molecule has 1 aliphatic heterocycles. The predicted octanol–water partition coefficient (Wildman–Crippen LogP) is 2.00. The van der Waals surface area contributed by atoms with Crippen LogP contribution in [-0.2, 0) is 0 Å². The Morgan fingerprint density at radius 2 is 2.00 bits per heavy atom. The Hall–Kier alpha value is -0.120. The molecular weight excluding hydrogens is 224 g/mol. The van der Waals surface area contributed by atoms with E-state index >= 15 is 0 Å². The van der Waals surface area contributed by atoms with Crippen LogP contribution in [0.4, 0.5) is 0 Å². The molecule has 1 unspecified atom stereocenters. The summed E-state index contributed by atoms with van der Waals surface area (Å²) in [6.07, 6.45) is 7.07. The lowest BCUT2D eigenvalue weighted by molar-refractivity contribution is -0.0347. The van der Waals surface area contributed by atoms with E-state index in [4.69, 9.17) is 0 Å². The Morgan fingerprint density at radius 1 is 1.33 bits per heavy atom. The Balaban J connectivity index is 1.65. The maximum Gasteiger partial charge on any atom is 0.0771 e. The molecule has 0 radical (unpaired) electrons. The average molecular weight is 254 g/mol. The summed E-state index contributed by atoms with van der Waals surface area (Å²) in [5, 5.41) is 13.7. The topological polar surface area (TPSA) is 35.5 Å². The Bertz CT molecular complexity index is 245. The fourth-order valence-electron chi connectivity index (χ4n) is 3.27. The molecule has 3 nitrogen and oxygen atoms in total. The third-order valence-corrected chi connectivity index (χ3v) is 4.92. The van der Waals surface area contributed by atoms with Crippen LogP contribution < -0.4 is 5.32 Å². The summed E-state index contributed by atoms with van der Waals surface area (Å²) in [4.78, 5) is 2.59. The second-order valence-electron chi connectivity index (χ2n) is 6.43. The highest BCUT2D eigenvalue weighted by atomic mass is 16.3. The monoisotopic (exact) mass is 254 g/mol. The molecule has 2 rings (SSSR count). The predicted molar refractivity (Wildman–Crippen MR) is 75.7 cm³/mol. The highest BCUT2D eigenvalue weighted by Crippen LogP contribution is 2.31. The molecule has 1 saturated heterocycles. The molecule has 3 heteroatoms. The summed E-state index contributed by atoms with van der Waals surface area (Å²) < 4.78 is 0. The van der Waals surface area contributed by atoms with E-state index in [0.29, 0.717) is 6.04 Å². The van der Waals surface area contributed by atoms with E-state index in [0.717, 1.165) is 25.3 Å². The number of hydrogen-bond donors (Lipinski definition) is 2. The molecule has 106 valence electrons. The van der Waals surface area contributed by atoms with Crippen molar-refractivity contribution in [2.75, 3.05) is 26.2 Å². The van der Waals surface area contributed by atoms with Crippen LogP contribution in [0.15, 0.2) is 0 Å². The molecule has 1 saturated carbocycles. The van der Waals surface area contributed by atoms with Gasteiger partial charge in [0.25, 0.3) is 0 Å². The number of rotatable bonds is 6. The Labute approximate surface area is 112 Å². The smallest absolute Gasteiger partial charge is 0.0771 e. The van der Waals surface area contributed by atoms with Crippen molar-refractivity contribution >= 4 is 0 Å². The molecule has 0 aromatic heterocycles. The summed E-state index contributed by atoms with van der Waals surface area (Å²) >= 11 is 0. The number of piperidine rings is 1. The molecule has 18 heavy (non-hydrogen) atoms. The minimum Gasteiger partial charge on any atom is -0.389 e. The third-order valence-electron chi connectivity index (χ3n) is 4.92. The molecule has 0 bridgehead atoms. The lowest BCUT2D eigenvalue weighted by Gasteiger charge is -2.40. The van der Waals surface area contributed by atoms with Crippen molar-refractivity contribution in [2.24, 2.45) is 5.92 Å². The van der Waals surface area contributed by atoms with Crippen molar-refractivity contribution in [1.82, 2.24) is 10.2 Å². The van der Waals surface area contributed by atoms with E-state index in [1.54, 1.807) is 0 Å². The van der Waals surface area contributed by atoms with Gasteiger partial charge < -0.3 is 15.3 Å². The zero-order chi connectivity index (χ0) is 13.0. The Morgan fingerprint density at radius 3 is 2.50 bits per heavy atom. The van der Waals surface area contributed by atoms with Gasteiger partial charge in [-0.2, -0.15) is 0 Å². The average Bonchev–Trinajstić information content (AvgIpc) is 2.35. The minimum atomic E-state index is -0.378. The van der Waals surface area contributed by atoms with Crippen LogP contribution in [0.3, 0.4) is 0 Å². The summed E-state index contributed by atoms with van der Waals surface area (Å²) in [5.74, 6) is 0.793. The van der Waals surface area contributed by atoms with Crippen LogP contribution in [-0.4, -0.2) is 47.8 Å². The quantitative estimate of drug-likeness (QED) is 0.761. The van der Waals surface area contributed by atoms with Gasteiger partial charge in [0.1, 0.15) is 0 Å². The largest absolute Gasteiger partial charge is 0.389 e. The van der Waals surface area contributed by atoms with E-state index in [1.807, 2.05) is 0 Å². The molecule has 1 heterocycles. The van der Waals surface area contributed by atoms with Gasteiger partial charge in [-0.05, 0) is 71.0 Å². The maximum absolute atomic E-state index is 10.1. The maximum atomic E-state index is 10.1. The van der Waals surface area contributed by atoms with E-state index in [-0.39, 0.29) is 5.60 Å². The van der Waals surface area contributed by atoms with Gasteiger partial charge in [0.15, 0.2) is 0 Å². The van der Waals surface area contributed by atoms with Crippen molar-refractivity contribution in [1.29, 1.82) is 0 Å². The van der Waals surface area contributed by atoms with E-state index in [2.05, 4.69) is 24.1 Å². The first-order chi connectivity index (χ1) is 8.63. The molecule has 2 fully saturated rings. The fourth-order valence-corrected chi connectivity index (χ4v) is 3.27. The van der Waals surface area contributed by atoms with Crippen molar-refractivity contribution < 1.29 is 5.11 Å². The first-order valence-corrected chi connectivity index (χ1v) is 7.81. The van der Waals surface area contributed by atoms with Gasteiger partial charge in [-0.3, -0.25) is 0 Å². The van der Waals surface area contributed by atoms with Crippen LogP contribution in [0.25, 0.3) is 0 Å². The normalized spacial score (nSPS) is 26.8. The van der Waals surface area contributed by atoms with Crippen LogP contribution in [0, 0.1) is 5.92 Å². The van der Waals surface area contributed by atoms with E-state index in [9.17, 15) is 5.11 Å². The highest BCUT2D eigenvalue weighted by Gasteiger charge is 2.35.